The molecule has 2 amide bonds. The first-order chi connectivity index (χ1) is 13.2. The van der Waals surface area contributed by atoms with E-state index < -0.39 is 0 Å². The number of benzene rings is 1. The van der Waals surface area contributed by atoms with Crippen LogP contribution in [-0.4, -0.2) is 41.6 Å². The molecular weight excluding hydrogens is 342 g/mol. The van der Waals surface area contributed by atoms with Crippen molar-refractivity contribution < 1.29 is 9.59 Å². The normalized spacial score (nSPS) is 16.5. The highest BCUT2D eigenvalue weighted by Crippen LogP contribution is 2.31. The molecule has 0 bridgehead atoms. The summed E-state index contributed by atoms with van der Waals surface area (Å²) in [5.74, 6) is 1.44. The molecule has 0 atom stereocenters. The van der Waals surface area contributed by atoms with Gasteiger partial charge in [0.1, 0.15) is 0 Å². The Morgan fingerprint density at radius 3 is 2.56 bits per heavy atom. The molecule has 1 aromatic heterocycles. The van der Waals surface area contributed by atoms with Gasteiger partial charge in [-0.05, 0) is 48.7 Å². The molecular formula is C20H23N5O2. The lowest BCUT2D eigenvalue weighted by Crippen LogP contribution is -2.52. The van der Waals surface area contributed by atoms with Crippen LogP contribution in [0, 0.1) is 11.8 Å². The van der Waals surface area contributed by atoms with E-state index in [1.54, 1.807) is 30.5 Å². The molecule has 2 aliphatic rings. The molecule has 1 aromatic carbocycles. The summed E-state index contributed by atoms with van der Waals surface area (Å²) >= 11 is 0. The van der Waals surface area contributed by atoms with Crippen molar-refractivity contribution in [3.8, 4) is 0 Å². The van der Waals surface area contributed by atoms with E-state index in [1.165, 1.54) is 12.8 Å². The van der Waals surface area contributed by atoms with Gasteiger partial charge in [-0.2, -0.15) is 5.10 Å². The predicted molar refractivity (Wildman–Crippen MR) is 102 cm³/mol. The zero-order chi connectivity index (χ0) is 18.6. The van der Waals surface area contributed by atoms with Gasteiger partial charge in [-0.15, -0.1) is 5.10 Å². The minimum absolute atomic E-state index is 0.0169. The Morgan fingerprint density at radius 2 is 1.89 bits per heavy atom. The van der Waals surface area contributed by atoms with Crippen LogP contribution in [0.2, 0.25) is 0 Å². The third-order valence-electron chi connectivity index (χ3n) is 5.08. The molecule has 2 fully saturated rings. The Morgan fingerprint density at radius 1 is 1.11 bits per heavy atom. The fourth-order valence-electron chi connectivity index (χ4n) is 3.14. The summed E-state index contributed by atoms with van der Waals surface area (Å²) in [4.78, 5) is 26.5. The summed E-state index contributed by atoms with van der Waals surface area (Å²) in [5.41, 5.74) is 1.31. The van der Waals surface area contributed by atoms with Crippen LogP contribution in [-0.2, 0) is 4.79 Å². The molecule has 1 aliphatic carbocycles. The zero-order valence-electron chi connectivity index (χ0n) is 15.1. The Hall–Kier alpha value is -2.96. The van der Waals surface area contributed by atoms with Gasteiger partial charge in [0, 0.05) is 37.1 Å². The number of anilines is 2. The number of rotatable bonds is 7. The van der Waals surface area contributed by atoms with E-state index in [0.29, 0.717) is 24.3 Å². The monoisotopic (exact) mass is 365 g/mol. The highest BCUT2D eigenvalue weighted by molar-refractivity contribution is 5.96. The van der Waals surface area contributed by atoms with E-state index in [9.17, 15) is 9.59 Å². The number of nitrogens with one attached hydrogen (secondary N) is 2. The average Bonchev–Trinajstić information content (AvgIpc) is 3.46. The zero-order valence-corrected chi connectivity index (χ0v) is 15.1. The minimum Gasteiger partial charge on any atom is -0.353 e. The Balaban J connectivity index is 1.23. The van der Waals surface area contributed by atoms with E-state index in [2.05, 4.69) is 20.8 Å². The van der Waals surface area contributed by atoms with Gasteiger partial charge in [0.05, 0.1) is 5.92 Å². The molecule has 2 aromatic rings. The molecule has 7 nitrogen and oxygen atoms in total. The van der Waals surface area contributed by atoms with Crippen LogP contribution < -0.4 is 15.5 Å². The predicted octanol–water partition coefficient (Wildman–Crippen LogP) is 2.08. The van der Waals surface area contributed by atoms with Crippen molar-refractivity contribution in [1.82, 2.24) is 15.5 Å². The van der Waals surface area contributed by atoms with E-state index >= 15 is 0 Å². The number of amides is 2. The van der Waals surface area contributed by atoms with Crippen LogP contribution in [0.4, 0.5) is 11.5 Å². The maximum atomic E-state index is 12.3. The van der Waals surface area contributed by atoms with Crippen LogP contribution in [0.5, 0.6) is 0 Å². The highest BCUT2D eigenvalue weighted by atomic mass is 16.2. The molecule has 4 rings (SSSR count). The van der Waals surface area contributed by atoms with Crippen LogP contribution in [0.3, 0.4) is 0 Å². The lowest BCUT2D eigenvalue weighted by Gasteiger charge is -2.38. The van der Waals surface area contributed by atoms with E-state index in [0.717, 1.165) is 24.7 Å². The van der Waals surface area contributed by atoms with Gasteiger partial charge in [-0.3, -0.25) is 9.59 Å². The first kappa shape index (κ1) is 17.5. The fraction of sp³-hybridized carbons (Fsp3) is 0.400. The number of hydrogen-bond acceptors (Lipinski definition) is 5. The standard InChI is InChI=1S/C20H23N5O2/c26-19(21-11-9-14-3-4-14)15-5-7-17(8-6-15)23-20(27)16-12-25(13-16)18-2-1-10-22-24-18/h1-2,5-8,10,14,16H,3-4,9,11-13H2,(H,21,26)(H,23,27). The first-order valence-corrected chi connectivity index (χ1v) is 9.41. The van der Waals surface area contributed by atoms with Crippen molar-refractivity contribution in [2.45, 2.75) is 19.3 Å². The van der Waals surface area contributed by atoms with Crippen molar-refractivity contribution >= 4 is 23.3 Å². The number of carbonyl (C=O) groups excluding carboxylic acids is 2. The summed E-state index contributed by atoms with van der Waals surface area (Å²) in [7, 11) is 0. The third kappa shape index (κ3) is 4.42. The van der Waals surface area contributed by atoms with E-state index in [-0.39, 0.29) is 17.7 Å². The summed E-state index contributed by atoms with van der Waals surface area (Å²) in [6.07, 6.45) is 5.28. The van der Waals surface area contributed by atoms with Crippen LogP contribution in [0.15, 0.2) is 42.6 Å². The van der Waals surface area contributed by atoms with E-state index in [1.807, 2.05) is 17.0 Å². The smallest absolute Gasteiger partial charge is 0.251 e. The molecule has 1 aliphatic heterocycles. The van der Waals surface area contributed by atoms with Crippen LogP contribution in [0.1, 0.15) is 29.6 Å². The topological polar surface area (TPSA) is 87.2 Å². The van der Waals surface area contributed by atoms with Crippen molar-refractivity contribution in [3.63, 3.8) is 0 Å². The molecule has 140 valence electrons. The number of hydrogen-bond donors (Lipinski definition) is 2. The van der Waals surface area contributed by atoms with Gasteiger partial charge in [-0.25, -0.2) is 0 Å². The molecule has 1 saturated heterocycles. The summed E-state index contributed by atoms with van der Waals surface area (Å²) in [6.45, 7) is 1.99. The van der Waals surface area contributed by atoms with Crippen molar-refractivity contribution in [1.29, 1.82) is 0 Å². The first-order valence-electron chi connectivity index (χ1n) is 9.41. The van der Waals surface area contributed by atoms with Gasteiger partial charge in [-0.1, -0.05) is 12.8 Å². The summed E-state index contributed by atoms with van der Waals surface area (Å²) in [5, 5.41) is 13.8. The molecule has 0 unspecified atom stereocenters. The van der Waals surface area contributed by atoms with E-state index in [4.69, 9.17) is 0 Å². The van der Waals surface area contributed by atoms with Crippen LogP contribution in [0.25, 0.3) is 0 Å². The molecule has 0 radical (unpaired) electrons. The Labute approximate surface area is 158 Å². The Bertz CT molecular complexity index is 799. The molecule has 27 heavy (non-hydrogen) atoms. The number of carbonyl (C=O) groups is 2. The highest BCUT2D eigenvalue weighted by Gasteiger charge is 2.33. The second-order valence-electron chi connectivity index (χ2n) is 7.24. The molecule has 2 heterocycles. The van der Waals surface area contributed by atoms with Gasteiger partial charge in [0.25, 0.3) is 5.91 Å². The second-order valence-corrected chi connectivity index (χ2v) is 7.24. The maximum absolute atomic E-state index is 12.3. The summed E-state index contributed by atoms with van der Waals surface area (Å²) in [6, 6.07) is 10.7. The molecule has 2 N–H and O–H groups in total. The molecule has 1 saturated carbocycles. The lowest BCUT2D eigenvalue weighted by molar-refractivity contribution is -0.120. The molecule has 0 spiro atoms. The SMILES string of the molecule is O=C(NCCC1CC1)c1ccc(NC(=O)C2CN(c3cccnn3)C2)cc1. The van der Waals surface area contributed by atoms with Crippen LogP contribution >= 0.6 is 0 Å². The average molecular weight is 365 g/mol. The van der Waals surface area contributed by atoms with Crippen molar-refractivity contribution in [2.75, 3.05) is 29.9 Å². The maximum Gasteiger partial charge on any atom is 0.251 e. The van der Waals surface area contributed by atoms with Gasteiger partial charge < -0.3 is 15.5 Å². The quantitative estimate of drug-likeness (QED) is 0.784. The molecule has 7 heteroatoms. The summed E-state index contributed by atoms with van der Waals surface area (Å²) < 4.78 is 0. The Kier molecular flexibility index (Phi) is 5.00. The minimum atomic E-state index is -0.0718. The van der Waals surface area contributed by atoms with Crippen molar-refractivity contribution in [2.24, 2.45) is 11.8 Å². The van der Waals surface area contributed by atoms with Gasteiger partial charge >= 0.3 is 0 Å². The lowest BCUT2D eigenvalue weighted by atomic mass is 9.99. The van der Waals surface area contributed by atoms with Crippen molar-refractivity contribution in [3.05, 3.63) is 48.2 Å². The van der Waals surface area contributed by atoms with Gasteiger partial charge in [0.2, 0.25) is 5.91 Å². The fourth-order valence-corrected chi connectivity index (χ4v) is 3.14. The second kappa shape index (κ2) is 7.73. The number of nitrogens with zero attached hydrogens (tertiary/aromatic N) is 3. The largest absolute Gasteiger partial charge is 0.353 e. The third-order valence-corrected chi connectivity index (χ3v) is 5.08. The number of aromatic nitrogens is 2. The van der Waals surface area contributed by atoms with Gasteiger partial charge in [0.15, 0.2) is 5.82 Å².